The van der Waals surface area contributed by atoms with Crippen LogP contribution in [0.25, 0.3) is 11.1 Å². The number of amides is 1. The minimum absolute atomic E-state index is 0.118. The third-order valence-electron chi connectivity index (χ3n) is 4.28. The summed E-state index contributed by atoms with van der Waals surface area (Å²) in [5.74, 6) is 6.14. The normalized spacial score (nSPS) is 13.2. The smallest absolute Gasteiger partial charge is 0.219 e. The number of benzene rings is 2. The fourth-order valence-corrected chi connectivity index (χ4v) is 2.73. The summed E-state index contributed by atoms with van der Waals surface area (Å²) in [5.41, 5.74) is 10.4. The minimum atomic E-state index is -0.711. The van der Waals surface area contributed by atoms with E-state index >= 15 is 0 Å². The summed E-state index contributed by atoms with van der Waals surface area (Å²) >= 11 is 0. The van der Waals surface area contributed by atoms with E-state index in [0.717, 1.165) is 35.3 Å². The van der Waals surface area contributed by atoms with E-state index in [1.54, 1.807) is 0 Å². The largest absolute Gasteiger partial charge is 0.494 e. The van der Waals surface area contributed by atoms with Crippen LogP contribution in [-0.2, 0) is 10.3 Å². The first-order valence-electron chi connectivity index (χ1n) is 8.58. The number of hydrogen-bond donors (Lipinski definition) is 3. The van der Waals surface area contributed by atoms with Crippen molar-refractivity contribution in [1.82, 2.24) is 5.43 Å². The van der Waals surface area contributed by atoms with Gasteiger partial charge in [0.1, 0.15) is 5.75 Å². The summed E-state index contributed by atoms with van der Waals surface area (Å²) < 4.78 is 5.79. The zero-order chi connectivity index (χ0) is 18.3. The Bertz CT molecular complexity index is 718. The van der Waals surface area contributed by atoms with Gasteiger partial charge in [-0.1, -0.05) is 43.7 Å². The van der Waals surface area contributed by atoms with Crippen LogP contribution >= 0.6 is 0 Å². The van der Waals surface area contributed by atoms with Gasteiger partial charge in [0.05, 0.1) is 12.1 Å². The summed E-state index contributed by atoms with van der Waals surface area (Å²) in [6.45, 7) is 4.72. The maximum Gasteiger partial charge on any atom is 0.219 e. The quantitative estimate of drug-likeness (QED) is 0.371. The number of nitrogens with one attached hydrogen (secondary N) is 1. The van der Waals surface area contributed by atoms with Gasteiger partial charge < -0.3 is 10.5 Å². The number of unbranched alkanes of at least 4 members (excludes halogenated alkanes) is 1. The van der Waals surface area contributed by atoms with Crippen molar-refractivity contribution in [2.45, 2.75) is 38.6 Å². The highest BCUT2D eigenvalue weighted by molar-refractivity contribution is 5.75. The Hall–Kier alpha value is -2.37. The minimum Gasteiger partial charge on any atom is -0.494 e. The summed E-state index contributed by atoms with van der Waals surface area (Å²) in [5, 5.41) is 0. The molecule has 1 atom stereocenters. The van der Waals surface area contributed by atoms with E-state index in [-0.39, 0.29) is 6.42 Å². The van der Waals surface area contributed by atoms with Crippen molar-refractivity contribution in [3.8, 4) is 16.9 Å². The molecule has 0 aliphatic heterocycles. The zero-order valence-electron chi connectivity index (χ0n) is 14.9. The molecule has 2 aromatic carbocycles. The highest BCUT2D eigenvalue weighted by Gasteiger charge is 2.27. The highest BCUT2D eigenvalue weighted by atomic mass is 16.5. The predicted octanol–water partition coefficient (Wildman–Crippen LogP) is 3.09. The van der Waals surface area contributed by atoms with Crippen molar-refractivity contribution in [3.63, 3.8) is 0 Å². The van der Waals surface area contributed by atoms with Crippen LogP contribution in [-0.4, -0.2) is 12.5 Å². The Morgan fingerprint density at radius 2 is 1.84 bits per heavy atom. The highest BCUT2D eigenvalue weighted by Crippen LogP contribution is 2.30. The van der Waals surface area contributed by atoms with Gasteiger partial charge in [0, 0.05) is 6.42 Å². The number of primary amides is 1. The van der Waals surface area contributed by atoms with Gasteiger partial charge in [0.15, 0.2) is 0 Å². The Morgan fingerprint density at radius 1 is 1.16 bits per heavy atom. The monoisotopic (exact) mass is 341 g/mol. The molecule has 0 spiro atoms. The van der Waals surface area contributed by atoms with Crippen molar-refractivity contribution in [2.75, 3.05) is 6.61 Å². The third kappa shape index (κ3) is 5.05. The van der Waals surface area contributed by atoms with Crippen molar-refractivity contribution in [2.24, 2.45) is 11.6 Å². The SMILES string of the molecule is CCCCOc1cccc(-c2cccc(C(C)(CC(N)=O)NN)c2)c1. The molecule has 0 radical (unpaired) electrons. The van der Waals surface area contributed by atoms with Crippen LogP contribution in [0.4, 0.5) is 0 Å². The second kappa shape index (κ2) is 8.65. The maximum atomic E-state index is 11.4. The van der Waals surface area contributed by atoms with Crippen LogP contribution in [0.3, 0.4) is 0 Å². The van der Waals surface area contributed by atoms with Crippen molar-refractivity contribution < 1.29 is 9.53 Å². The van der Waals surface area contributed by atoms with Crippen LogP contribution in [0.15, 0.2) is 48.5 Å². The maximum absolute atomic E-state index is 11.4. The Morgan fingerprint density at radius 3 is 2.48 bits per heavy atom. The lowest BCUT2D eigenvalue weighted by Crippen LogP contribution is -2.46. The van der Waals surface area contributed by atoms with Gasteiger partial charge in [-0.25, -0.2) is 5.43 Å². The Balaban J connectivity index is 2.29. The molecule has 5 N–H and O–H groups in total. The molecule has 134 valence electrons. The molecule has 2 aromatic rings. The van der Waals surface area contributed by atoms with Gasteiger partial charge in [-0.3, -0.25) is 10.6 Å². The van der Waals surface area contributed by atoms with Crippen LogP contribution in [0, 0.1) is 0 Å². The molecule has 0 saturated heterocycles. The molecular weight excluding hydrogens is 314 g/mol. The fourth-order valence-electron chi connectivity index (χ4n) is 2.73. The molecule has 2 rings (SSSR count). The number of hydrazine groups is 1. The number of rotatable bonds is 9. The summed E-state index contributed by atoms with van der Waals surface area (Å²) in [6.07, 6.45) is 2.26. The van der Waals surface area contributed by atoms with E-state index in [1.807, 2.05) is 55.5 Å². The summed E-state index contributed by atoms with van der Waals surface area (Å²) in [4.78, 5) is 11.4. The molecule has 5 heteroatoms. The number of ether oxygens (including phenoxy) is 1. The van der Waals surface area contributed by atoms with Crippen molar-refractivity contribution in [3.05, 3.63) is 54.1 Å². The van der Waals surface area contributed by atoms with E-state index in [2.05, 4.69) is 12.3 Å². The lowest BCUT2D eigenvalue weighted by Gasteiger charge is -2.28. The molecule has 0 aliphatic carbocycles. The molecule has 0 heterocycles. The molecular formula is C20H27N3O2. The van der Waals surface area contributed by atoms with Crippen LogP contribution in [0.5, 0.6) is 5.75 Å². The standard InChI is InChI=1S/C20H27N3O2/c1-3-4-11-25-18-10-6-8-16(13-18)15-7-5-9-17(12-15)20(2,23-22)14-19(21)24/h5-10,12-13,23H,3-4,11,14,22H2,1-2H3,(H2,21,24). The van der Waals surface area contributed by atoms with Gasteiger partial charge in [-0.15, -0.1) is 0 Å². The lowest BCUT2D eigenvalue weighted by molar-refractivity contribution is -0.119. The van der Waals surface area contributed by atoms with Crippen LogP contribution in [0.1, 0.15) is 38.7 Å². The molecule has 0 bridgehead atoms. The van der Waals surface area contributed by atoms with Crippen LogP contribution < -0.4 is 21.7 Å². The number of nitrogens with two attached hydrogens (primary N) is 2. The van der Waals surface area contributed by atoms with Gasteiger partial charge in [0.2, 0.25) is 5.91 Å². The second-order valence-electron chi connectivity index (χ2n) is 6.43. The lowest BCUT2D eigenvalue weighted by atomic mass is 9.87. The van der Waals surface area contributed by atoms with E-state index in [0.29, 0.717) is 6.61 Å². The van der Waals surface area contributed by atoms with E-state index < -0.39 is 11.4 Å². The molecule has 25 heavy (non-hydrogen) atoms. The molecule has 0 aromatic heterocycles. The topological polar surface area (TPSA) is 90.4 Å². The molecule has 0 aliphatic rings. The average Bonchev–Trinajstić information content (AvgIpc) is 2.62. The second-order valence-corrected chi connectivity index (χ2v) is 6.43. The van der Waals surface area contributed by atoms with Gasteiger partial charge in [0.25, 0.3) is 0 Å². The van der Waals surface area contributed by atoms with E-state index in [1.165, 1.54) is 0 Å². The predicted molar refractivity (Wildman–Crippen MR) is 101 cm³/mol. The van der Waals surface area contributed by atoms with Gasteiger partial charge in [-0.2, -0.15) is 0 Å². The van der Waals surface area contributed by atoms with Gasteiger partial charge >= 0.3 is 0 Å². The molecule has 5 nitrogen and oxygen atoms in total. The van der Waals surface area contributed by atoms with Gasteiger partial charge in [-0.05, 0) is 48.2 Å². The fraction of sp³-hybridized carbons (Fsp3) is 0.350. The van der Waals surface area contributed by atoms with Crippen molar-refractivity contribution in [1.29, 1.82) is 0 Å². The average molecular weight is 341 g/mol. The zero-order valence-corrected chi connectivity index (χ0v) is 14.9. The third-order valence-corrected chi connectivity index (χ3v) is 4.28. The first-order valence-corrected chi connectivity index (χ1v) is 8.58. The number of hydrogen-bond acceptors (Lipinski definition) is 4. The molecule has 0 saturated carbocycles. The summed E-state index contributed by atoms with van der Waals surface area (Å²) in [7, 11) is 0. The van der Waals surface area contributed by atoms with Crippen LogP contribution in [0.2, 0.25) is 0 Å². The number of carbonyl (C=O) groups excluding carboxylic acids is 1. The Labute approximate surface area is 149 Å². The van der Waals surface area contributed by atoms with Crippen molar-refractivity contribution >= 4 is 5.91 Å². The van der Waals surface area contributed by atoms with E-state index in [9.17, 15) is 4.79 Å². The Kier molecular flexibility index (Phi) is 6.56. The van der Waals surface area contributed by atoms with E-state index in [4.69, 9.17) is 16.3 Å². The first kappa shape index (κ1) is 19.0. The molecule has 1 unspecified atom stereocenters. The summed E-state index contributed by atoms with van der Waals surface area (Å²) in [6, 6.07) is 15.9. The first-order chi connectivity index (χ1) is 12.0. The molecule has 1 amide bonds. The molecule has 0 fully saturated rings. The number of carbonyl (C=O) groups is 1.